The molecule has 15 atom stereocenters. The Bertz CT molecular complexity index is 1810. The number of amides is 1. The molecule has 0 aromatic carbocycles. The summed E-state index contributed by atoms with van der Waals surface area (Å²) in [6, 6.07) is -1.11. The number of hydrogen-bond acceptors (Lipinski definition) is 13. The summed E-state index contributed by atoms with van der Waals surface area (Å²) in [6.45, 7) is 15.5. The number of piperidine rings is 1. The Morgan fingerprint density at radius 1 is 0.853 bits per heavy atom. The van der Waals surface area contributed by atoms with Gasteiger partial charge in [-0.05, 0) is 119 Å². The fourth-order valence-electron chi connectivity index (χ4n) is 10.7. The number of allylic oxidation sites excluding steroid dienone is 7. The number of hydrogen-bond donors (Lipinski definition) is 2. The van der Waals surface area contributed by atoms with Crippen LogP contribution < -0.4 is 0 Å². The minimum absolute atomic E-state index is 0.00503. The Balaban J connectivity index is 1.70. The third kappa shape index (κ3) is 15.3. The summed E-state index contributed by atoms with van der Waals surface area (Å²) < 4.78 is 35.9. The molecule has 2 bridgehead atoms. The lowest BCUT2D eigenvalue weighted by atomic mass is 9.78. The summed E-state index contributed by atoms with van der Waals surface area (Å²) in [5.41, 5.74) is 1.37. The SMILES string of the molecule is CO[C@H]1C[C@@H]2CC[C@@H](C)[C@@](O)(O2)C(=O)C(=O)N2CCCC[C@H]2C(=O)OC([C@H](C)C[C@@H]2CCC(OCCO)[C@H](OC)C2)CC(=O)C(C)=CC(C)[C@@H](C)[C@@H](OC)C(=O)[C@H](C)C[C@H](C)C=CC=CC=C1C. The predicted molar refractivity (Wildman–Crippen MR) is 259 cm³/mol. The van der Waals surface area contributed by atoms with Crippen LogP contribution in [0.5, 0.6) is 0 Å². The monoisotopic (exact) mass is 956 g/mol. The van der Waals surface area contributed by atoms with Gasteiger partial charge in [0.1, 0.15) is 18.2 Å². The molecule has 1 amide bonds. The lowest BCUT2D eigenvalue weighted by Gasteiger charge is -2.42. The fourth-order valence-corrected chi connectivity index (χ4v) is 10.7. The lowest BCUT2D eigenvalue weighted by Crippen LogP contribution is -2.61. The highest BCUT2D eigenvalue weighted by molar-refractivity contribution is 6.39. The van der Waals surface area contributed by atoms with Crippen molar-refractivity contribution in [3.05, 3.63) is 47.6 Å². The maximum Gasteiger partial charge on any atom is 0.329 e. The molecular weight excluding hydrogens is 871 g/mol. The Morgan fingerprint density at radius 3 is 2.26 bits per heavy atom. The van der Waals surface area contributed by atoms with E-state index in [1.165, 1.54) is 4.90 Å². The van der Waals surface area contributed by atoms with Gasteiger partial charge in [-0.3, -0.25) is 19.2 Å². The first kappa shape index (κ1) is 57.2. The quantitative estimate of drug-likeness (QED) is 0.172. The second-order valence-corrected chi connectivity index (χ2v) is 20.5. The highest BCUT2D eigenvalue weighted by Crippen LogP contribution is 2.38. The number of carbonyl (C=O) groups is 5. The number of aliphatic hydroxyl groups excluding tert-OH is 1. The van der Waals surface area contributed by atoms with Crippen molar-refractivity contribution < 1.29 is 62.6 Å². The molecule has 4 rings (SSSR count). The molecule has 0 spiro atoms. The Morgan fingerprint density at radius 2 is 1.59 bits per heavy atom. The molecule has 3 fully saturated rings. The van der Waals surface area contributed by atoms with Crippen LogP contribution in [0.4, 0.5) is 0 Å². The van der Waals surface area contributed by atoms with Gasteiger partial charge in [-0.15, -0.1) is 0 Å². The second-order valence-electron chi connectivity index (χ2n) is 20.5. The molecule has 14 nitrogen and oxygen atoms in total. The minimum atomic E-state index is -2.42. The van der Waals surface area contributed by atoms with Crippen LogP contribution in [-0.4, -0.2) is 134 Å². The van der Waals surface area contributed by atoms with Gasteiger partial charge < -0.3 is 43.5 Å². The van der Waals surface area contributed by atoms with Crippen LogP contribution in [0.25, 0.3) is 0 Å². The van der Waals surface area contributed by atoms with E-state index in [0.29, 0.717) is 56.9 Å². The first-order valence-corrected chi connectivity index (χ1v) is 25.3. The normalized spacial score (nSPS) is 36.7. The van der Waals surface area contributed by atoms with E-state index in [2.05, 4.69) is 13.0 Å². The number of nitrogens with zero attached hydrogens (tertiary/aromatic N) is 1. The molecule has 3 aliphatic heterocycles. The number of esters is 1. The summed E-state index contributed by atoms with van der Waals surface area (Å²) >= 11 is 0. The summed E-state index contributed by atoms with van der Waals surface area (Å²) in [5, 5.41) is 21.3. The largest absolute Gasteiger partial charge is 0.460 e. The smallest absolute Gasteiger partial charge is 0.329 e. The zero-order chi connectivity index (χ0) is 50.3. The van der Waals surface area contributed by atoms with E-state index in [4.69, 9.17) is 28.4 Å². The van der Waals surface area contributed by atoms with E-state index in [1.807, 2.05) is 65.0 Å². The maximum absolute atomic E-state index is 14.5. The van der Waals surface area contributed by atoms with Crippen molar-refractivity contribution in [1.29, 1.82) is 0 Å². The number of fused-ring (bicyclic) bond motifs is 3. The van der Waals surface area contributed by atoms with Crippen molar-refractivity contribution in [2.75, 3.05) is 41.1 Å². The van der Waals surface area contributed by atoms with Crippen LogP contribution in [-0.2, 0) is 52.4 Å². The molecule has 1 saturated carbocycles. The molecule has 2 N–H and O–H groups in total. The number of aliphatic hydroxyl groups is 2. The molecule has 0 radical (unpaired) electrons. The lowest BCUT2D eigenvalue weighted by molar-refractivity contribution is -0.265. The van der Waals surface area contributed by atoms with Crippen LogP contribution in [0.1, 0.15) is 132 Å². The Hall–Kier alpha value is -3.37. The van der Waals surface area contributed by atoms with Crippen molar-refractivity contribution in [3.8, 4) is 0 Å². The molecule has 0 aromatic heterocycles. The third-order valence-corrected chi connectivity index (χ3v) is 15.3. The van der Waals surface area contributed by atoms with Gasteiger partial charge >= 0.3 is 5.97 Å². The van der Waals surface area contributed by atoms with Crippen molar-refractivity contribution in [3.63, 3.8) is 0 Å². The number of carbonyl (C=O) groups excluding carboxylic acids is 5. The molecule has 3 heterocycles. The summed E-state index contributed by atoms with van der Waals surface area (Å²) in [7, 11) is 4.78. The van der Waals surface area contributed by atoms with Crippen molar-refractivity contribution >= 4 is 29.2 Å². The number of Topliss-reactive ketones (excluding diaryl/α,β-unsaturated/α-hetero) is 3. The molecular formula is C54H85NO13. The fraction of sp³-hybridized carbons (Fsp3) is 0.759. The number of methoxy groups -OCH3 is 3. The molecule has 68 heavy (non-hydrogen) atoms. The summed E-state index contributed by atoms with van der Waals surface area (Å²) in [4.78, 5) is 72.4. The van der Waals surface area contributed by atoms with Crippen LogP contribution in [0, 0.1) is 41.4 Å². The van der Waals surface area contributed by atoms with Gasteiger partial charge in [0, 0.05) is 52.6 Å². The third-order valence-electron chi connectivity index (χ3n) is 15.3. The zero-order valence-electron chi connectivity index (χ0n) is 43.0. The average molecular weight is 956 g/mol. The number of rotatable bonds is 9. The van der Waals surface area contributed by atoms with Gasteiger partial charge in [0.25, 0.3) is 11.7 Å². The van der Waals surface area contributed by atoms with Gasteiger partial charge in [0.05, 0.1) is 37.6 Å². The van der Waals surface area contributed by atoms with Crippen molar-refractivity contribution in [2.45, 2.75) is 181 Å². The molecule has 0 aromatic rings. The number of ketones is 3. The summed E-state index contributed by atoms with van der Waals surface area (Å²) in [6.07, 6.45) is 14.8. The molecule has 384 valence electrons. The highest BCUT2D eigenvalue weighted by Gasteiger charge is 2.53. The van der Waals surface area contributed by atoms with E-state index in [9.17, 15) is 34.2 Å². The highest BCUT2D eigenvalue weighted by atomic mass is 16.6. The molecule has 3 unspecified atom stereocenters. The molecule has 2 saturated heterocycles. The van der Waals surface area contributed by atoms with E-state index in [0.717, 1.165) is 18.4 Å². The number of cyclic esters (lactones) is 1. The van der Waals surface area contributed by atoms with Crippen molar-refractivity contribution in [2.24, 2.45) is 41.4 Å². The van der Waals surface area contributed by atoms with Gasteiger partial charge in [-0.25, -0.2) is 4.79 Å². The first-order chi connectivity index (χ1) is 32.3. The topological polar surface area (TPSA) is 184 Å². The average Bonchev–Trinajstić information content (AvgIpc) is 3.32. The van der Waals surface area contributed by atoms with Gasteiger partial charge in [-0.2, -0.15) is 0 Å². The van der Waals surface area contributed by atoms with E-state index in [1.54, 1.807) is 35.2 Å². The van der Waals surface area contributed by atoms with Crippen LogP contribution in [0.15, 0.2) is 47.6 Å². The molecule has 4 aliphatic rings. The van der Waals surface area contributed by atoms with E-state index in [-0.39, 0.29) is 91.9 Å². The van der Waals surface area contributed by atoms with Crippen LogP contribution in [0.3, 0.4) is 0 Å². The van der Waals surface area contributed by atoms with Gasteiger partial charge in [-0.1, -0.05) is 78.0 Å². The summed E-state index contributed by atoms with van der Waals surface area (Å²) in [5.74, 6) is -6.94. The van der Waals surface area contributed by atoms with E-state index < -0.39 is 59.8 Å². The van der Waals surface area contributed by atoms with Crippen molar-refractivity contribution in [1.82, 2.24) is 4.90 Å². The van der Waals surface area contributed by atoms with Crippen LogP contribution in [0.2, 0.25) is 0 Å². The number of ether oxygens (including phenoxy) is 6. The minimum Gasteiger partial charge on any atom is -0.460 e. The second kappa shape index (κ2) is 27.3. The standard InChI is InChI=1S/C54H85NO13/c1-33-17-13-12-14-18-34(2)46(63-9)31-42-22-20-39(7)54(62,68-42)51(59)52(60)55-24-16-15-19-43(55)53(61)67-47(37(5)29-41-21-23-45(66-26-25-56)48(30-41)64-10)32-44(57)36(4)28-35(3)40(8)50(65-11)49(58)38(6)27-33/h12-14,17-18,28,33,35,37-43,45-48,50,56,62H,15-16,19-27,29-32H2,1-11H3/t33-,35?,37-,38-,39-,40-,41+,42+,43+,45?,46+,47?,48-,50-,54-/m1/s1. The zero-order valence-corrected chi connectivity index (χ0v) is 43.0. The Kier molecular flexibility index (Phi) is 23.0. The first-order valence-electron chi connectivity index (χ1n) is 25.3. The Labute approximate surface area is 406 Å². The van der Waals surface area contributed by atoms with E-state index >= 15 is 0 Å². The van der Waals surface area contributed by atoms with Crippen LogP contribution >= 0.6 is 0 Å². The maximum atomic E-state index is 14.5. The van der Waals surface area contributed by atoms with Gasteiger partial charge in [0.2, 0.25) is 5.79 Å². The predicted octanol–water partition coefficient (Wildman–Crippen LogP) is 7.47. The molecule has 1 aliphatic carbocycles. The van der Waals surface area contributed by atoms with Gasteiger partial charge in [0.15, 0.2) is 11.6 Å². The molecule has 14 heteroatoms.